The van der Waals surface area contributed by atoms with Crippen molar-refractivity contribution in [2.45, 2.75) is 25.9 Å². The van der Waals surface area contributed by atoms with Gasteiger partial charge < -0.3 is 10.2 Å². The van der Waals surface area contributed by atoms with Crippen molar-refractivity contribution in [2.75, 3.05) is 0 Å². The molecule has 0 fully saturated rings. The lowest BCUT2D eigenvalue weighted by atomic mass is 9.89. The summed E-state index contributed by atoms with van der Waals surface area (Å²) in [4.78, 5) is 10.4. The highest BCUT2D eigenvalue weighted by Crippen LogP contribution is 2.47. The SMILES string of the molecule is C[C@H](N=Cc1cc2ccccc2c(-c2c(O)c(C=N[C@@H](C)c3ccccc3P(c3ccccc3)c3ccccc3)cc3ccccc23)c1O)c1ccccc1P(c1ccccc1)c1ccccc1. The van der Waals surface area contributed by atoms with Gasteiger partial charge in [-0.15, -0.1) is 0 Å². The van der Waals surface area contributed by atoms with Gasteiger partial charge in [0.2, 0.25) is 0 Å². The molecule has 2 N–H and O–H groups in total. The number of aromatic hydroxyl groups is 2. The van der Waals surface area contributed by atoms with Crippen LogP contribution in [0.15, 0.2) is 241 Å². The summed E-state index contributed by atoms with van der Waals surface area (Å²) in [7, 11) is -1.72. The van der Waals surface area contributed by atoms with E-state index in [0.29, 0.717) is 22.3 Å². The van der Waals surface area contributed by atoms with Gasteiger partial charge in [0.25, 0.3) is 0 Å². The summed E-state index contributed by atoms with van der Waals surface area (Å²) in [5.74, 6) is 0.103. The highest BCUT2D eigenvalue weighted by molar-refractivity contribution is 7.80. The average molecular weight is 917 g/mol. The van der Waals surface area contributed by atoms with Crippen LogP contribution in [0.25, 0.3) is 32.7 Å². The first kappa shape index (κ1) is 44.4. The van der Waals surface area contributed by atoms with Crippen molar-refractivity contribution in [3.63, 3.8) is 0 Å². The second-order valence-corrected chi connectivity index (χ2v) is 21.2. The third-order valence-electron chi connectivity index (χ3n) is 12.5. The van der Waals surface area contributed by atoms with Crippen LogP contribution in [0, 0.1) is 0 Å². The van der Waals surface area contributed by atoms with E-state index in [1.165, 1.54) is 31.8 Å². The molecule has 0 aliphatic heterocycles. The van der Waals surface area contributed by atoms with Crippen LogP contribution >= 0.6 is 15.8 Å². The molecule has 0 aromatic heterocycles. The Morgan fingerprint density at radius 3 is 1.01 bits per heavy atom. The topological polar surface area (TPSA) is 65.2 Å². The Balaban J connectivity index is 1.05. The molecule has 0 radical (unpaired) electrons. The van der Waals surface area contributed by atoms with E-state index in [1.54, 1.807) is 12.4 Å². The van der Waals surface area contributed by atoms with Gasteiger partial charge in [0.1, 0.15) is 11.5 Å². The Bertz CT molecular complexity index is 3110. The fourth-order valence-electron chi connectivity index (χ4n) is 9.22. The molecule has 0 aliphatic rings. The molecule has 0 spiro atoms. The Morgan fingerprint density at radius 2 is 0.662 bits per heavy atom. The molecule has 0 unspecified atom stereocenters. The molecular weight excluding hydrogens is 867 g/mol. The maximum absolute atomic E-state index is 12.5. The minimum absolute atomic E-state index is 0.0516. The largest absolute Gasteiger partial charge is 0.507 e. The zero-order chi connectivity index (χ0) is 46.4. The predicted molar refractivity (Wildman–Crippen MR) is 293 cm³/mol. The molecule has 10 rings (SSSR count). The molecule has 0 saturated heterocycles. The van der Waals surface area contributed by atoms with Crippen molar-refractivity contribution >= 4 is 81.6 Å². The van der Waals surface area contributed by atoms with E-state index >= 15 is 0 Å². The summed E-state index contributed by atoms with van der Waals surface area (Å²) in [5, 5.41) is 36.2. The summed E-state index contributed by atoms with van der Waals surface area (Å²) in [6, 6.07) is 79.6. The van der Waals surface area contributed by atoms with Crippen LogP contribution in [0.5, 0.6) is 11.5 Å². The summed E-state index contributed by atoms with van der Waals surface area (Å²) in [6.07, 6.45) is 3.59. The van der Waals surface area contributed by atoms with E-state index in [0.717, 1.165) is 32.7 Å². The highest BCUT2D eigenvalue weighted by Gasteiger charge is 2.25. The molecule has 6 heteroatoms. The average Bonchev–Trinajstić information content (AvgIpc) is 3.39. The standard InChI is InChI=1S/C62H50N2O2P2/c1-43(53-33-19-21-37-57(53)67(49-25-7-3-8-26-49)50-27-9-4-10-28-50)63-41-47-39-45-23-15-17-35-55(45)59(61(47)65)60-56-36-18-16-24-46(56)40-48(62(60)66)42-64-44(2)54-34-20-22-38-58(54)68(51-29-11-5-12-30-51)52-31-13-6-14-32-52/h3-44,65-66H,1-2H3/t43-,44-/m0/s1. The Labute approximate surface area is 401 Å². The number of rotatable bonds is 13. The van der Waals surface area contributed by atoms with E-state index in [1.807, 2.05) is 60.7 Å². The van der Waals surface area contributed by atoms with Gasteiger partial charge in [-0.25, -0.2) is 0 Å². The predicted octanol–water partition coefficient (Wildman–Crippen LogP) is 12.9. The number of benzene rings is 10. The number of nitrogens with zero attached hydrogens (tertiary/aromatic N) is 2. The first-order valence-electron chi connectivity index (χ1n) is 23.0. The number of aliphatic imine (C=N–C) groups is 2. The molecule has 10 aromatic rings. The number of phenolic OH excluding ortho intramolecular Hbond substituents is 2. The first-order chi connectivity index (χ1) is 33.4. The minimum Gasteiger partial charge on any atom is -0.507 e. The quantitative estimate of drug-likeness (QED) is 0.0894. The van der Waals surface area contributed by atoms with E-state index < -0.39 is 15.8 Å². The van der Waals surface area contributed by atoms with Gasteiger partial charge in [0, 0.05) is 34.7 Å². The summed E-state index contributed by atoms with van der Waals surface area (Å²) >= 11 is 0. The molecule has 0 bridgehead atoms. The van der Waals surface area contributed by atoms with Crippen LogP contribution in [-0.2, 0) is 0 Å². The Kier molecular flexibility index (Phi) is 13.2. The number of phenols is 2. The van der Waals surface area contributed by atoms with Gasteiger partial charge in [-0.1, -0.05) is 218 Å². The lowest BCUT2D eigenvalue weighted by Gasteiger charge is -2.24. The fraction of sp³-hybridized carbons (Fsp3) is 0.0645. The Morgan fingerprint density at radius 1 is 0.368 bits per heavy atom. The van der Waals surface area contributed by atoms with Gasteiger partial charge in [-0.2, -0.15) is 0 Å². The van der Waals surface area contributed by atoms with Gasteiger partial charge in [0.05, 0.1) is 12.1 Å². The van der Waals surface area contributed by atoms with Crippen molar-refractivity contribution in [3.8, 4) is 22.6 Å². The van der Waals surface area contributed by atoms with Crippen molar-refractivity contribution < 1.29 is 10.2 Å². The zero-order valence-electron chi connectivity index (χ0n) is 37.9. The smallest absolute Gasteiger partial charge is 0.132 e. The molecule has 0 saturated carbocycles. The molecule has 0 amide bonds. The summed E-state index contributed by atoms with van der Waals surface area (Å²) in [5.41, 5.74) is 4.50. The van der Waals surface area contributed by atoms with E-state index in [9.17, 15) is 10.2 Å². The van der Waals surface area contributed by atoms with E-state index in [-0.39, 0.29) is 23.6 Å². The maximum atomic E-state index is 12.5. The van der Waals surface area contributed by atoms with Gasteiger partial charge in [-0.3, -0.25) is 9.98 Å². The molecular formula is C62H50N2O2P2. The van der Waals surface area contributed by atoms with Crippen LogP contribution in [0.4, 0.5) is 0 Å². The second kappa shape index (κ2) is 20.2. The maximum Gasteiger partial charge on any atom is 0.132 e. The third kappa shape index (κ3) is 9.02. The minimum atomic E-state index is -0.860. The molecule has 330 valence electrons. The number of hydrogen-bond donors (Lipinski definition) is 2. The van der Waals surface area contributed by atoms with Gasteiger partial charge in [-0.05, 0) is 106 Å². The monoisotopic (exact) mass is 916 g/mol. The van der Waals surface area contributed by atoms with Crippen LogP contribution in [-0.4, -0.2) is 22.6 Å². The number of hydrogen-bond acceptors (Lipinski definition) is 4. The number of fused-ring (bicyclic) bond motifs is 2. The molecule has 68 heavy (non-hydrogen) atoms. The molecule has 4 nitrogen and oxygen atoms in total. The lowest BCUT2D eigenvalue weighted by Crippen LogP contribution is -2.23. The first-order valence-corrected chi connectivity index (χ1v) is 25.7. The highest BCUT2D eigenvalue weighted by atomic mass is 31.1. The molecule has 2 atom stereocenters. The molecule has 0 aliphatic carbocycles. The van der Waals surface area contributed by atoms with Crippen molar-refractivity contribution in [1.82, 2.24) is 0 Å². The van der Waals surface area contributed by atoms with Crippen LogP contribution in [0.1, 0.15) is 48.2 Å². The van der Waals surface area contributed by atoms with Crippen LogP contribution in [0.2, 0.25) is 0 Å². The van der Waals surface area contributed by atoms with Gasteiger partial charge in [0.15, 0.2) is 0 Å². The molecule has 0 heterocycles. The van der Waals surface area contributed by atoms with Crippen molar-refractivity contribution in [1.29, 1.82) is 0 Å². The van der Waals surface area contributed by atoms with Crippen LogP contribution < -0.4 is 31.8 Å². The normalized spacial score (nSPS) is 12.7. The van der Waals surface area contributed by atoms with Crippen molar-refractivity contribution in [3.05, 3.63) is 253 Å². The molecule has 10 aromatic carbocycles. The Hall–Kier alpha value is -7.48. The summed E-state index contributed by atoms with van der Waals surface area (Å²) in [6.45, 7) is 4.23. The van der Waals surface area contributed by atoms with Crippen molar-refractivity contribution in [2.24, 2.45) is 9.98 Å². The lowest BCUT2D eigenvalue weighted by molar-refractivity contribution is 0.469. The van der Waals surface area contributed by atoms with E-state index in [4.69, 9.17) is 9.98 Å². The van der Waals surface area contributed by atoms with E-state index in [2.05, 4.69) is 184 Å². The van der Waals surface area contributed by atoms with Gasteiger partial charge >= 0.3 is 0 Å². The zero-order valence-corrected chi connectivity index (χ0v) is 39.7. The second-order valence-electron chi connectivity index (χ2n) is 16.9. The fourth-order valence-corrected chi connectivity index (χ4v) is 14.3. The van der Waals surface area contributed by atoms with Crippen LogP contribution in [0.3, 0.4) is 0 Å². The summed E-state index contributed by atoms with van der Waals surface area (Å²) < 4.78 is 0. The third-order valence-corrected chi connectivity index (χ3v) is 17.6.